The Labute approximate surface area is 67.2 Å². The van der Waals surface area contributed by atoms with E-state index in [2.05, 4.69) is 18.1 Å². The maximum absolute atomic E-state index is 4.45. The molecule has 2 nitrogen and oxygen atoms in total. The van der Waals surface area contributed by atoms with E-state index in [1.165, 1.54) is 30.7 Å². The van der Waals surface area contributed by atoms with E-state index in [4.69, 9.17) is 0 Å². The third-order valence-electron chi connectivity index (χ3n) is 2.66. The summed E-state index contributed by atoms with van der Waals surface area (Å²) in [5.74, 6) is 0.773. The average Bonchev–Trinajstić information content (AvgIpc) is 2.08. The Kier molecular flexibility index (Phi) is 1.48. The summed E-state index contributed by atoms with van der Waals surface area (Å²) in [6.07, 6.45) is 4.08. The molecule has 1 aromatic rings. The van der Waals surface area contributed by atoms with Crippen molar-refractivity contribution in [1.29, 1.82) is 0 Å². The van der Waals surface area contributed by atoms with Crippen LogP contribution in [0.4, 0.5) is 0 Å². The van der Waals surface area contributed by atoms with Gasteiger partial charge in [0.15, 0.2) is 0 Å². The Morgan fingerprint density at radius 2 is 2.27 bits per heavy atom. The van der Waals surface area contributed by atoms with Crippen molar-refractivity contribution in [2.75, 3.05) is 0 Å². The minimum absolute atomic E-state index is 0.773. The Bertz CT molecular complexity index is 239. The van der Waals surface area contributed by atoms with Crippen molar-refractivity contribution in [3.63, 3.8) is 0 Å². The molecule has 0 radical (unpaired) electrons. The molecule has 1 aliphatic rings. The molecule has 0 spiro atoms. The fourth-order valence-electron chi connectivity index (χ4n) is 1.49. The van der Waals surface area contributed by atoms with Gasteiger partial charge in [-0.1, -0.05) is 6.42 Å². The fourth-order valence-corrected chi connectivity index (χ4v) is 1.49. The van der Waals surface area contributed by atoms with Crippen LogP contribution in [0.1, 0.15) is 36.6 Å². The van der Waals surface area contributed by atoms with Gasteiger partial charge in [-0.3, -0.25) is 4.68 Å². The summed E-state index contributed by atoms with van der Waals surface area (Å²) in [5.41, 5.74) is 2.57. The first-order chi connectivity index (χ1) is 5.27. The van der Waals surface area contributed by atoms with E-state index in [1.54, 1.807) is 0 Å². The lowest BCUT2D eigenvalue weighted by atomic mass is 9.83. The van der Waals surface area contributed by atoms with Crippen LogP contribution in [0.15, 0.2) is 6.07 Å². The lowest BCUT2D eigenvalue weighted by Crippen LogP contribution is -2.09. The molecule has 1 fully saturated rings. The summed E-state index contributed by atoms with van der Waals surface area (Å²) in [4.78, 5) is 0. The van der Waals surface area contributed by atoms with Gasteiger partial charge in [0.25, 0.3) is 0 Å². The van der Waals surface area contributed by atoms with Gasteiger partial charge in [-0.15, -0.1) is 0 Å². The van der Waals surface area contributed by atoms with E-state index >= 15 is 0 Å². The van der Waals surface area contributed by atoms with Crippen molar-refractivity contribution in [2.45, 2.75) is 32.1 Å². The van der Waals surface area contributed by atoms with Crippen molar-refractivity contribution < 1.29 is 0 Å². The Balaban J connectivity index is 2.24. The summed E-state index contributed by atoms with van der Waals surface area (Å²) in [6, 6.07) is 2.21. The Morgan fingerprint density at radius 3 is 2.64 bits per heavy atom. The first-order valence-electron chi connectivity index (χ1n) is 4.28. The smallest absolute Gasteiger partial charge is 0.0658 e. The zero-order valence-electron chi connectivity index (χ0n) is 7.17. The number of hydrogen-bond donors (Lipinski definition) is 0. The van der Waals surface area contributed by atoms with Crippen molar-refractivity contribution in [3.05, 3.63) is 17.5 Å². The molecule has 0 bridgehead atoms. The fraction of sp³-hybridized carbons (Fsp3) is 0.667. The number of aromatic nitrogens is 2. The molecular formula is C9H14N2. The van der Waals surface area contributed by atoms with Gasteiger partial charge in [0.2, 0.25) is 0 Å². The summed E-state index contributed by atoms with van der Waals surface area (Å²) in [5, 5.41) is 4.45. The van der Waals surface area contributed by atoms with Gasteiger partial charge in [0.1, 0.15) is 0 Å². The van der Waals surface area contributed by atoms with Crippen LogP contribution in [0.5, 0.6) is 0 Å². The molecule has 1 aliphatic carbocycles. The number of nitrogens with zero attached hydrogens (tertiary/aromatic N) is 2. The molecule has 0 amide bonds. The predicted octanol–water partition coefficient (Wildman–Crippen LogP) is 2.00. The first kappa shape index (κ1) is 6.89. The minimum atomic E-state index is 0.773. The summed E-state index contributed by atoms with van der Waals surface area (Å²) in [7, 11) is 2.01. The quantitative estimate of drug-likeness (QED) is 0.598. The molecule has 11 heavy (non-hydrogen) atoms. The van der Waals surface area contributed by atoms with Crippen molar-refractivity contribution in [2.24, 2.45) is 7.05 Å². The van der Waals surface area contributed by atoms with Crippen molar-refractivity contribution in [3.8, 4) is 0 Å². The lowest BCUT2D eigenvalue weighted by molar-refractivity contribution is 0.408. The Morgan fingerprint density at radius 1 is 1.55 bits per heavy atom. The highest BCUT2D eigenvalue weighted by molar-refractivity contribution is 5.15. The first-order valence-corrected chi connectivity index (χ1v) is 4.28. The molecule has 2 heteroatoms. The highest BCUT2D eigenvalue weighted by Crippen LogP contribution is 2.35. The van der Waals surface area contributed by atoms with Gasteiger partial charge in [-0.05, 0) is 25.8 Å². The molecule has 0 unspecified atom stereocenters. The standard InChI is InChI=1S/C9H14N2/c1-7-6-9(10-11(7)2)8-4-3-5-8/h6,8H,3-5H2,1-2H3. The molecule has 1 aromatic heterocycles. The molecule has 0 N–H and O–H groups in total. The van der Waals surface area contributed by atoms with E-state index in [9.17, 15) is 0 Å². The summed E-state index contributed by atoms with van der Waals surface area (Å²) < 4.78 is 1.97. The van der Waals surface area contributed by atoms with Gasteiger partial charge in [-0.25, -0.2) is 0 Å². The van der Waals surface area contributed by atoms with Crippen molar-refractivity contribution in [1.82, 2.24) is 9.78 Å². The predicted molar refractivity (Wildman–Crippen MR) is 44.5 cm³/mol. The molecule has 1 heterocycles. The van der Waals surface area contributed by atoms with Crippen LogP contribution in [0.2, 0.25) is 0 Å². The molecule has 60 valence electrons. The zero-order valence-corrected chi connectivity index (χ0v) is 7.17. The van der Waals surface area contributed by atoms with Crippen LogP contribution in [0.3, 0.4) is 0 Å². The van der Waals surface area contributed by atoms with E-state index in [0.717, 1.165) is 5.92 Å². The molecule has 1 saturated carbocycles. The molecular weight excluding hydrogens is 136 g/mol. The van der Waals surface area contributed by atoms with Crippen LogP contribution in [-0.2, 0) is 7.05 Å². The molecule has 0 aromatic carbocycles. The molecule has 0 aliphatic heterocycles. The zero-order chi connectivity index (χ0) is 7.84. The van der Waals surface area contributed by atoms with E-state index in [0.29, 0.717) is 0 Å². The number of aryl methyl sites for hydroxylation is 2. The van der Waals surface area contributed by atoms with Gasteiger partial charge >= 0.3 is 0 Å². The average molecular weight is 150 g/mol. The second-order valence-electron chi connectivity index (χ2n) is 3.46. The summed E-state index contributed by atoms with van der Waals surface area (Å²) >= 11 is 0. The largest absolute Gasteiger partial charge is 0.273 e. The number of rotatable bonds is 1. The molecule has 0 atom stereocenters. The van der Waals surface area contributed by atoms with Crippen LogP contribution >= 0.6 is 0 Å². The van der Waals surface area contributed by atoms with Crippen LogP contribution in [-0.4, -0.2) is 9.78 Å². The number of hydrogen-bond acceptors (Lipinski definition) is 1. The maximum Gasteiger partial charge on any atom is 0.0658 e. The SMILES string of the molecule is Cc1cc(C2CCC2)nn1C. The van der Waals surface area contributed by atoms with Gasteiger partial charge in [0.05, 0.1) is 5.69 Å². The lowest BCUT2D eigenvalue weighted by Gasteiger charge is -2.22. The normalized spacial score (nSPS) is 18.4. The van der Waals surface area contributed by atoms with E-state index < -0.39 is 0 Å². The Hall–Kier alpha value is -0.790. The second-order valence-corrected chi connectivity index (χ2v) is 3.46. The third-order valence-corrected chi connectivity index (χ3v) is 2.66. The highest BCUT2D eigenvalue weighted by atomic mass is 15.3. The minimum Gasteiger partial charge on any atom is -0.273 e. The van der Waals surface area contributed by atoms with Gasteiger partial charge in [-0.2, -0.15) is 5.10 Å². The summed E-state index contributed by atoms with van der Waals surface area (Å²) in [6.45, 7) is 2.11. The second kappa shape index (κ2) is 2.36. The monoisotopic (exact) mass is 150 g/mol. The third kappa shape index (κ3) is 1.06. The highest BCUT2D eigenvalue weighted by Gasteiger charge is 2.21. The van der Waals surface area contributed by atoms with E-state index in [1.807, 2.05) is 11.7 Å². The topological polar surface area (TPSA) is 17.8 Å². The van der Waals surface area contributed by atoms with Crippen molar-refractivity contribution >= 4 is 0 Å². The van der Waals surface area contributed by atoms with Gasteiger partial charge in [0, 0.05) is 18.7 Å². The molecule has 0 saturated heterocycles. The molecule has 2 rings (SSSR count). The van der Waals surface area contributed by atoms with Gasteiger partial charge < -0.3 is 0 Å². The van der Waals surface area contributed by atoms with Crippen LogP contribution < -0.4 is 0 Å². The van der Waals surface area contributed by atoms with E-state index in [-0.39, 0.29) is 0 Å². The maximum atomic E-state index is 4.45. The van der Waals surface area contributed by atoms with Crippen LogP contribution in [0, 0.1) is 6.92 Å². The van der Waals surface area contributed by atoms with Crippen LogP contribution in [0.25, 0.3) is 0 Å².